The zero-order chi connectivity index (χ0) is 16.2. The molecule has 0 heterocycles. The molecule has 0 aliphatic carbocycles. The molecule has 21 heavy (non-hydrogen) atoms. The second-order valence-corrected chi connectivity index (χ2v) is 6.21. The van der Waals surface area contributed by atoms with Crippen LogP contribution in [-0.4, -0.2) is 30.1 Å². The average Bonchev–Trinajstić information content (AvgIpc) is 2.45. The number of ether oxygens (including phenoxy) is 1. The molecule has 0 aliphatic rings. The molecule has 0 saturated heterocycles. The van der Waals surface area contributed by atoms with E-state index in [4.69, 9.17) is 16.3 Å². The zero-order valence-corrected chi connectivity index (χ0v) is 14.9. The van der Waals surface area contributed by atoms with Crippen LogP contribution in [0, 0.1) is 9.49 Å². The molecule has 1 aromatic rings. The zero-order valence-electron chi connectivity index (χ0n) is 11.9. The lowest BCUT2D eigenvalue weighted by Gasteiger charge is -2.21. The molecule has 2 unspecified atom stereocenters. The molecule has 1 rings (SSSR count). The maximum Gasteiger partial charge on any atom is 0.326 e. The Labute approximate surface area is 142 Å². The van der Waals surface area contributed by atoms with Crippen molar-refractivity contribution in [2.75, 3.05) is 7.11 Å². The summed E-state index contributed by atoms with van der Waals surface area (Å²) in [5.41, 5.74) is 0.220. The predicted molar refractivity (Wildman–Crippen MR) is 89.1 cm³/mol. The van der Waals surface area contributed by atoms with Crippen LogP contribution in [0.25, 0.3) is 0 Å². The van der Waals surface area contributed by atoms with Gasteiger partial charge in [0.2, 0.25) is 0 Å². The van der Waals surface area contributed by atoms with Gasteiger partial charge in [-0.25, -0.2) is 4.79 Å². The highest BCUT2D eigenvalue weighted by atomic mass is 127. The van der Waals surface area contributed by atoms with Gasteiger partial charge in [-0.05, 0) is 40.6 Å². The highest BCUT2D eigenvalue weighted by Crippen LogP contribution is 2.28. The second kappa shape index (κ2) is 7.84. The van der Waals surface area contributed by atoms with Gasteiger partial charge in [-0.15, -0.1) is 0 Å². The molecule has 2 atom stereocenters. The van der Waals surface area contributed by atoms with Gasteiger partial charge in [0.25, 0.3) is 5.91 Å². The van der Waals surface area contributed by atoms with Crippen LogP contribution >= 0.6 is 34.2 Å². The number of benzene rings is 1. The molecule has 0 bridgehead atoms. The number of hydrogen-bond donors (Lipinski definition) is 2. The number of nitrogens with one attached hydrogen (secondary N) is 1. The van der Waals surface area contributed by atoms with Crippen LogP contribution in [0.4, 0.5) is 0 Å². The number of carbonyl (C=O) groups is 2. The smallest absolute Gasteiger partial charge is 0.326 e. The molecule has 116 valence electrons. The van der Waals surface area contributed by atoms with E-state index in [0.29, 0.717) is 17.2 Å². The highest BCUT2D eigenvalue weighted by Gasteiger charge is 2.27. The van der Waals surface area contributed by atoms with Crippen LogP contribution in [0.1, 0.15) is 30.6 Å². The molecule has 0 fully saturated rings. The van der Waals surface area contributed by atoms with Crippen LogP contribution in [0.15, 0.2) is 12.1 Å². The van der Waals surface area contributed by atoms with Gasteiger partial charge in [0, 0.05) is 3.57 Å². The molecule has 1 aromatic carbocycles. The number of hydrogen-bond acceptors (Lipinski definition) is 3. The lowest BCUT2D eigenvalue weighted by atomic mass is 9.99. The summed E-state index contributed by atoms with van der Waals surface area (Å²) >= 11 is 8.04. The van der Waals surface area contributed by atoms with Gasteiger partial charge in [-0.1, -0.05) is 31.9 Å². The van der Waals surface area contributed by atoms with Crippen molar-refractivity contribution in [2.24, 2.45) is 5.92 Å². The fourth-order valence-electron chi connectivity index (χ4n) is 1.78. The quantitative estimate of drug-likeness (QED) is 0.687. The van der Waals surface area contributed by atoms with Gasteiger partial charge in [0.05, 0.1) is 17.7 Å². The van der Waals surface area contributed by atoms with Gasteiger partial charge >= 0.3 is 5.97 Å². The number of methoxy groups -OCH3 is 1. The monoisotopic (exact) mass is 425 g/mol. The molecule has 0 spiro atoms. The Morgan fingerprint density at radius 2 is 2.10 bits per heavy atom. The van der Waals surface area contributed by atoms with E-state index in [-0.39, 0.29) is 11.5 Å². The van der Waals surface area contributed by atoms with E-state index in [2.05, 4.69) is 5.32 Å². The van der Waals surface area contributed by atoms with Crippen molar-refractivity contribution >= 4 is 46.1 Å². The first-order valence-corrected chi connectivity index (χ1v) is 7.84. The van der Waals surface area contributed by atoms with Crippen molar-refractivity contribution in [2.45, 2.75) is 26.3 Å². The normalized spacial score (nSPS) is 13.4. The first-order valence-electron chi connectivity index (χ1n) is 6.38. The minimum atomic E-state index is -1.06. The van der Waals surface area contributed by atoms with E-state index >= 15 is 0 Å². The number of carboxylic acid groups (broad SMARTS) is 1. The van der Waals surface area contributed by atoms with Crippen molar-refractivity contribution in [1.82, 2.24) is 5.32 Å². The Morgan fingerprint density at radius 3 is 2.57 bits per heavy atom. The number of aliphatic carboxylic acids is 1. The summed E-state index contributed by atoms with van der Waals surface area (Å²) in [6.45, 7) is 3.65. The standard InChI is InChI=1S/C14H17ClINO4/c1-4-7(2)12(14(19)20)17-13(18)8-5-9(15)10(16)6-11(8)21-3/h5-7,12H,4H2,1-3H3,(H,17,18)(H,19,20). The number of carbonyl (C=O) groups excluding carboxylic acids is 1. The Hall–Kier alpha value is -1.02. The second-order valence-electron chi connectivity index (χ2n) is 4.64. The third kappa shape index (κ3) is 4.47. The van der Waals surface area contributed by atoms with Gasteiger partial charge in [-0.3, -0.25) is 4.79 Å². The molecule has 0 aliphatic heterocycles. The van der Waals surface area contributed by atoms with Gasteiger partial charge in [-0.2, -0.15) is 0 Å². The molecule has 0 radical (unpaired) electrons. The average molecular weight is 426 g/mol. The Balaban J connectivity index is 3.08. The molecular formula is C14H17ClINO4. The van der Waals surface area contributed by atoms with E-state index in [1.54, 1.807) is 13.0 Å². The summed E-state index contributed by atoms with van der Waals surface area (Å²) in [6.07, 6.45) is 0.641. The van der Waals surface area contributed by atoms with E-state index in [1.165, 1.54) is 13.2 Å². The maximum atomic E-state index is 12.3. The number of amides is 1. The minimum absolute atomic E-state index is 0.184. The summed E-state index contributed by atoms with van der Waals surface area (Å²) in [7, 11) is 1.44. The fourth-order valence-corrected chi connectivity index (χ4v) is 2.38. The molecule has 5 nitrogen and oxygen atoms in total. The lowest BCUT2D eigenvalue weighted by molar-refractivity contribution is -0.140. The summed E-state index contributed by atoms with van der Waals surface area (Å²) in [5, 5.41) is 12.2. The molecule has 2 N–H and O–H groups in total. The summed E-state index contributed by atoms with van der Waals surface area (Å²) in [6, 6.07) is 2.16. The van der Waals surface area contributed by atoms with Gasteiger partial charge in [0.1, 0.15) is 11.8 Å². The number of halogens is 2. The Kier molecular flexibility index (Phi) is 6.73. The molecular weight excluding hydrogens is 409 g/mol. The van der Waals surface area contributed by atoms with Crippen LogP contribution in [0.5, 0.6) is 5.75 Å². The SMILES string of the molecule is CCC(C)C(NC(=O)c1cc(Cl)c(I)cc1OC)C(=O)O. The van der Waals surface area contributed by atoms with Crippen molar-refractivity contribution in [1.29, 1.82) is 0 Å². The molecule has 1 amide bonds. The number of rotatable bonds is 6. The van der Waals surface area contributed by atoms with Crippen LogP contribution in [0.2, 0.25) is 5.02 Å². The molecule has 7 heteroatoms. The molecule has 0 saturated carbocycles. The van der Waals surface area contributed by atoms with Crippen LogP contribution < -0.4 is 10.1 Å². The first kappa shape index (κ1) is 18.0. The van der Waals surface area contributed by atoms with Crippen molar-refractivity contribution in [3.05, 3.63) is 26.3 Å². The highest BCUT2D eigenvalue weighted by molar-refractivity contribution is 14.1. The van der Waals surface area contributed by atoms with Gasteiger partial charge < -0.3 is 15.2 Å². The van der Waals surface area contributed by atoms with Gasteiger partial charge in [0.15, 0.2) is 0 Å². The van der Waals surface area contributed by atoms with Crippen molar-refractivity contribution in [3.63, 3.8) is 0 Å². The molecule has 0 aromatic heterocycles. The topological polar surface area (TPSA) is 75.6 Å². The largest absolute Gasteiger partial charge is 0.496 e. The minimum Gasteiger partial charge on any atom is -0.496 e. The predicted octanol–water partition coefficient (Wildman–Crippen LogP) is 3.18. The van der Waals surface area contributed by atoms with Crippen molar-refractivity contribution < 1.29 is 19.4 Å². The fraction of sp³-hybridized carbons (Fsp3) is 0.429. The summed E-state index contributed by atoms with van der Waals surface area (Å²) < 4.78 is 5.91. The maximum absolute atomic E-state index is 12.3. The van der Waals surface area contributed by atoms with E-state index in [0.717, 1.165) is 3.57 Å². The van der Waals surface area contributed by atoms with E-state index in [9.17, 15) is 14.7 Å². The lowest BCUT2D eigenvalue weighted by Crippen LogP contribution is -2.45. The first-order chi connectivity index (χ1) is 9.81. The Morgan fingerprint density at radius 1 is 1.48 bits per heavy atom. The van der Waals surface area contributed by atoms with E-state index in [1.807, 2.05) is 29.5 Å². The Bertz CT molecular complexity index is 550. The van der Waals surface area contributed by atoms with Crippen molar-refractivity contribution in [3.8, 4) is 5.75 Å². The summed E-state index contributed by atoms with van der Waals surface area (Å²) in [4.78, 5) is 23.6. The number of carboxylic acids is 1. The van der Waals surface area contributed by atoms with Crippen LogP contribution in [0.3, 0.4) is 0 Å². The van der Waals surface area contributed by atoms with E-state index < -0.39 is 17.9 Å². The summed E-state index contributed by atoms with van der Waals surface area (Å²) in [5.74, 6) is -1.41. The third-order valence-corrected chi connectivity index (χ3v) is 4.78. The van der Waals surface area contributed by atoms with Crippen LogP contribution in [-0.2, 0) is 4.79 Å². The third-order valence-electron chi connectivity index (χ3n) is 3.25.